The van der Waals surface area contributed by atoms with Gasteiger partial charge in [-0.3, -0.25) is 4.79 Å². The molecule has 5 aliphatic carbocycles. The van der Waals surface area contributed by atoms with Crippen LogP contribution in [0.25, 0.3) is 0 Å². The van der Waals surface area contributed by atoms with Gasteiger partial charge >= 0.3 is 5.97 Å². The first kappa shape index (κ1) is 33.8. The van der Waals surface area contributed by atoms with Crippen LogP contribution in [0.3, 0.4) is 0 Å². The molecule has 0 amide bonds. The summed E-state index contributed by atoms with van der Waals surface area (Å²) in [5.41, 5.74) is -2.81. The van der Waals surface area contributed by atoms with Crippen molar-refractivity contribution in [1.82, 2.24) is 0 Å². The van der Waals surface area contributed by atoms with E-state index in [9.17, 15) is 40.5 Å². The molecule has 0 aromatic heterocycles. The Morgan fingerprint density at radius 1 is 0.933 bits per heavy atom. The molecular weight excluding hydrogens is 580 g/mol. The minimum atomic E-state index is -1.46. The Morgan fingerprint density at radius 2 is 1.62 bits per heavy atom. The molecule has 45 heavy (non-hydrogen) atoms. The molecule has 0 unspecified atom stereocenters. The second kappa shape index (κ2) is 11.0. The molecule has 0 aromatic rings. The second-order valence-electron chi connectivity index (χ2n) is 16.8. The first-order valence-electron chi connectivity index (χ1n) is 17.2. The summed E-state index contributed by atoms with van der Waals surface area (Å²) in [6.07, 6.45) is 2.43. The molecule has 5 fully saturated rings. The molecule has 0 radical (unpaired) electrons. The number of carboxylic acids is 1. The summed E-state index contributed by atoms with van der Waals surface area (Å²) in [7, 11) is 0. The third-order valence-corrected chi connectivity index (χ3v) is 15.4. The van der Waals surface area contributed by atoms with Gasteiger partial charge in [-0.25, -0.2) is 0 Å². The highest BCUT2D eigenvalue weighted by atomic mass is 16.7. The molecule has 6 aliphatic rings. The summed E-state index contributed by atoms with van der Waals surface area (Å²) in [5.74, 6) is -1.19. The lowest BCUT2D eigenvalue weighted by Gasteiger charge is -2.72. The number of allylic oxidation sites excluding steroid dienone is 1. The summed E-state index contributed by atoms with van der Waals surface area (Å²) >= 11 is 0. The molecule has 10 heteroatoms. The third kappa shape index (κ3) is 4.32. The second-order valence-corrected chi connectivity index (χ2v) is 16.8. The number of rotatable bonds is 5. The standard InChI is InChI=1S/C35H56O10/c1-19-8-13-34(29(41)42)15-14-31(3)20(27(34)33(19,5)43)6-7-22-30(2)11-10-24(45-28-26(40)25(39)21(38)16-44-28)35(17-36,18-37)23(30)9-12-32(22,31)4/h6,19,21-28,36-40,43H,7-18H2,1-5H3,(H,41,42)/t19-,21-,22+,23+,24-,25-,26+,27+,28-,30+,31+,32+,33+,34-/m0/s1. The average molecular weight is 637 g/mol. The maximum Gasteiger partial charge on any atom is 0.310 e. The maximum absolute atomic E-state index is 13.0. The first-order chi connectivity index (χ1) is 21.0. The molecule has 7 N–H and O–H groups in total. The lowest BCUT2D eigenvalue weighted by molar-refractivity contribution is -0.318. The van der Waals surface area contributed by atoms with Crippen LogP contribution >= 0.6 is 0 Å². The van der Waals surface area contributed by atoms with Gasteiger partial charge in [0.1, 0.15) is 18.3 Å². The van der Waals surface area contributed by atoms with Crippen molar-refractivity contribution in [3.63, 3.8) is 0 Å². The molecule has 1 heterocycles. The van der Waals surface area contributed by atoms with E-state index < -0.39 is 59.0 Å². The van der Waals surface area contributed by atoms with Crippen LogP contribution in [0.15, 0.2) is 11.6 Å². The number of fused-ring (bicyclic) bond motifs is 7. The average Bonchev–Trinajstić information content (AvgIpc) is 2.99. The highest BCUT2D eigenvalue weighted by molar-refractivity contribution is 5.77. The van der Waals surface area contributed by atoms with Crippen LogP contribution in [0.4, 0.5) is 0 Å². The number of hydrogen-bond donors (Lipinski definition) is 7. The number of ether oxygens (including phenoxy) is 2. The lowest BCUT2D eigenvalue weighted by Crippen LogP contribution is -2.69. The number of hydrogen-bond acceptors (Lipinski definition) is 9. The van der Waals surface area contributed by atoms with E-state index in [0.717, 1.165) is 37.7 Å². The van der Waals surface area contributed by atoms with Crippen molar-refractivity contribution in [3.8, 4) is 0 Å². The fraction of sp³-hybridized carbons (Fsp3) is 0.914. The van der Waals surface area contributed by atoms with Gasteiger partial charge < -0.3 is 45.2 Å². The summed E-state index contributed by atoms with van der Waals surface area (Å²) in [4.78, 5) is 13.0. The smallest absolute Gasteiger partial charge is 0.310 e. The summed E-state index contributed by atoms with van der Waals surface area (Å²) in [5, 5.41) is 75.5. The van der Waals surface area contributed by atoms with E-state index >= 15 is 0 Å². The van der Waals surface area contributed by atoms with Gasteiger partial charge in [-0.15, -0.1) is 0 Å². The predicted octanol–water partition coefficient (Wildman–Crippen LogP) is 2.61. The lowest BCUT2D eigenvalue weighted by atomic mass is 9.33. The summed E-state index contributed by atoms with van der Waals surface area (Å²) < 4.78 is 11.9. The molecule has 0 bridgehead atoms. The highest BCUT2D eigenvalue weighted by Crippen LogP contribution is 2.76. The van der Waals surface area contributed by atoms with Crippen molar-refractivity contribution in [1.29, 1.82) is 0 Å². The maximum atomic E-state index is 13.0. The Bertz CT molecular complexity index is 1200. The number of aliphatic hydroxyl groups excluding tert-OH is 5. The van der Waals surface area contributed by atoms with Crippen LogP contribution in [0.5, 0.6) is 0 Å². The topological polar surface area (TPSA) is 177 Å². The number of aliphatic carboxylic acids is 1. The number of carbonyl (C=O) groups is 1. The summed E-state index contributed by atoms with van der Waals surface area (Å²) in [6, 6.07) is 0. The Hall–Kier alpha value is -1.11. The molecule has 6 rings (SSSR count). The van der Waals surface area contributed by atoms with Crippen molar-refractivity contribution < 1.29 is 50.0 Å². The van der Waals surface area contributed by atoms with E-state index in [-0.39, 0.29) is 53.8 Å². The summed E-state index contributed by atoms with van der Waals surface area (Å²) in [6.45, 7) is 10.0. The molecule has 4 saturated carbocycles. The first-order valence-corrected chi connectivity index (χ1v) is 17.2. The third-order valence-electron chi connectivity index (χ3n) is 15.4. The van der Waals surface area contributed by atoms with Gasteiger partial charge in [-0.1, -0.05) is 39.3 Å². The van der Waals surface area contributed by atoms with Gasteiger partial charge in [0.25, 0.3) is 0 Å². The number of carboxylic acid groups (broad SMARTS) is 1. The van der Waals surface area contributed by atoms with Crippen LogP contribution in [0.1, 0.15) is 92.4 Å². The van der Waals surface area contributed by atoms with E-state index in [4.69, 9.17) is 9.47 Å². The fourth-order valence-corrected chi connectivity index (χ4v) is 12.2. The van der Waals surface area contributed by atoms with Crippen molar-refractivity contribution in [2.24, 2.45) is 50.7 Å². The largest absolute Gasteiger partial charge is 0.481 e. The van der Waals surface area contributed by atoms with Crippen LogP contribution in [0, 0.1) is 50.7 Å². The minimum absolute atomic E-state index is 0.0157. The molecule has 256 valence electrons. The van der Waals surface area contributed by atoms with Gasteiger partial charge in [0, 0.05) is 11.3 Å². The zero-order valence-electron chi connectivity index (χ0n) is 27.6. The molecular formula is C35H56O10. The van der Waals surface area contributed by atoms with Crippen LogP contribution in [-0.2, 0) is 14.3 Å². The van der Waals surface area contributed by atoms with Crippen molar-refractivity contribution in [2.45, 2.75) is 129 Å². The van der Waals surface area contributed by atoms with Crippen molar-refractivity contribution >= 4 is 5.97 Å². The van der Waals surface area contributed by atoms with Gasteiger partial charge in [-0.05, 0) is 98.7 Å². The number of aliphatic hydroxyl groups is 6. The van der Waals surface area contributed by atoms with E-state index in [2.05, 4.69) is 26.8 Å². The van der Waals surface area contributed by atoms with E-state index in [1.165, 1.54) is 0 Å². The van der Waals surface area contributed by atoms with Gasteiger partial charge in [-0.2, -0.15) is 0 Å². The van der Waals surface area contributed by atoms with Gasteiger partial charge in [0.05, 0.1) is 36.9 Å². The van der Waals surface area contributed by atoms with E-state index in [1.54, 1.807) is 0 Å². The normalized spacial score (nSPS) is 54.1. The molecule has 10 nitrogen and oxygen atoms in total. The molecule has 14 atom stereocenters. The fourth-order valence-electron chi connectivity index (χ4n) is 12.2. The SMILES string of the molecule is C[C@H]1CC[C@]2(C(=O)O)CC[C@]3(C)C(=CC[C@@H]4[C@@]5(C)CC[C@H](O[C@@H]6OC[C@H](O)[C@H](O)[C@H]6O)C(CO)(CO)[C@@H]5CC[C@]43C)[C@@H]2[C@]1(C)O. The zero-order chi connectivity index (χ0) is 33.0. The Balaban J connectivity index is 1.36. The molecule has 0 aromatic carbocycles. The van der Waals surface area contributed by atoms with Crippen LogP contribution in [-0.4, -0.2) is 97.8 Å². The molecule has 1 aliphatic heterocycles. The van der Waals surface area contributed by atoms with Crippen molar-refractivity contribution in [3.05, 3.63) is 11.6 Å². The highest BCUT2D eigenvalue weighted by Gasteiger charge is 2.72. The van der Waals surface area contributed by atoms with Crippen LogP contribution < -0.4 is 0 Å². The Kier molecular flexibility index (Phi) is 8.22. The van der Waals surface area contributed by atoms with Gasteiger partial charge in [0.2, 0.25) is 0 Å². The monoisotopic (exact) mass is 636 g/mol. The van der Waals surface area contributed by atoms with Gasteiger partial charge in [0.15, 0.2) is 6.29 Å². The quantitative estimate of drug-likeness (QED) is 0.175. The van der Waals surface area contributed by atoms with Crippen LogP contribution in [0.2, 0.25) is 0 Å². The molecule has 0 spiro atoms. The van der Waals surface area contributed by atoms with Crippen molar-refractivity contribution in [2.75, 3.05) is 19.8 Å². The zero-order valence-corrected chi connectivity index (χ0v) is 27.6. The molecule has 1 saturated heterocycles. The minimum Gasteiger partial charge on any atom is -0.481 e. The predicted molar refractivity (Wildman–Crippen MR) is 164 cm³/mol. The Labute approximate surface area is 266 Å². The Morgan fingerprint density at radius 3 is 2.27 bits per heavy atom. The van der Waals surface area contributed by atoms with E-state index in [0.29, 0.717) is 25.7 Å². The van der Waals surface area contributed by atoms with E-state index in [1.807, 2.05) is 13.8 Å².